The first kappa shape index (κ1) is 16.2. The number of thioether (sulfide) groups is 1. The molecule has 2 nitrogen and oxygen atoms in total. The van der Waals surface area contributed by atoms with Crippen LogP contribution in [-0.2, 0) is 0 Å². The molecule has 2 aromatic carbocycles. The molecule has 0 heterocycles. The predicted octanol–water partition coefficient (Wildman–Crippen LogP) is 4.62. The van der Waals surface area contributed by atoms with Crippen LogP contribution in [0.3, 0.4) is 0 Å². The van der Waals surface area contributed by atoms with E-state index in [0.29, 0.717) is 16.0 Å². The van der Waals surface area contributed by atoms with E-state index in [1.165, 1.54) is 17.8 Å². The minimum atomic E-state index is -0.148. The second kappa shape index (κ2) is 7.23. The summed E-state index contributed by atoms with van der Waals surface area (Å²) in [4.78, 5) is 25.2. The van der Waals surface area contributed by atoms with Gasteiger partial charge in [0.05, 0.1) is 4.91 Å². The number of hydrogen-bond donors (Lipinski definition) is 0. The SMILES string of the molecule is CS/C(=C/C(=O)c1ccc(C)cc1)C(=O)c1ccc(C)cc1. The van der Waals surface area contributed by atoms with Gasteiger partial charge in [0.2, 0.25) is 0 Å². The Hall–Kier alpha value is -2.13. The first-order chi connectivity index (χ1) is 10.5. The van der Waals surface area contributed by atoms with Crippen molar-refractivity contribution < 1.29 is 9.59 Å². The molecule has 0 radical (unpaired) electrons. The molecular weight excluding hydrogens is 292 g/mol. The van der Waals surface area contributed by atoms with Gasteiger partial charge in [-0.25, -0.2) is 0 Å². The van der Waals surface area contributed by atoms with Crippen LogP contribution in [0, 0.1) is 13.8 Å². The highest BCUT2D eigenvalue weighted by Gasteiger charge is 2.13. The van der Waals surface area contributed by atoms with Gasteiger partial charge in [-0.2, -0.15) is 0 Å². The fourth-order valence-electron chi connectivity index (χ4n) is 1.98. The van der Waals surface area contributed by atoms with Gasteiger partial charge in [-0.05, 0) is 20.1 Å². The molecule has 0 saturated heterocycles. The van der Waals surface area contributed by atoms with E-state index >= 15 is 0 Å². The summed E-state index contributed by atoms with van der Waals surface area (Å²) < 4.78 is 0. The van der Waals surface area contributed by atoms with E-state index in [9.17, 15) is 9.59 Å². The van der Waals surface area contributed by atoms with Crippen molar-refractivity contribution >= 4 is 23.3 Å². The molecule has 0 amide bonds. The van der Waals surface area contributed by atoms with Gasteiger partial charge in [0.1, 0.15) is 0 Å². The lowest BCUT2D eigenvalue weighted by Crippen LogP contribution is -2.04. The zero-order valence-corrected chi connectivity index (χ0v) is 13.7. The lowest BCUT2D eigenvalue weighted by molar-refractivity contribution is 0.101. The van der Waals surface area contributed by atoms with Crippen LogP contribution in [0.15, 0.2) is 59.5 Å². The predicted molar refractivity (Wildman–Crippen MR) is 92.6 cm³/mol. The number of aryl methyl sites for hydroxylation is 2. The second-order valence-electron chi connectivity index (χ2n) is 5.14. The molecule has 0 fully saturated rings. The van der Waals surface area contributed by atoms with Crippen molar-refractivity contribution in [3.8, 4) is 0 Å². The number of ketones is 2. The third-order valence-electron chi connectivity index (χ3n) is 3.36. The molecule has 0 saturated carbocycles. The molecule has 0 aliphatic heterocycles. The Kier molecular flexibility index (Phi) is 5.34. The van der Waals surface area contributed by atoms with Gasteiger partial charge in [0.25, 0.3) is 0 Å². The smallest absolute Gasteiger partial charge is 0.199 e. The summed E-state index contributed by atoms with van der Waals surface area (Å²) in [6, 6.07) is 14.7. The van der Waals surface area contributed by atoms with Crippen LogP contribution < -0.4 is 0 Å². The van der Waals surface area contributed by atoms with Crippen molar-refractivity contribution in [2.75, 3.05) is 6.26 Å². The van der Waals surface area contributed by atoms with Crippen molar-refractivity contribution in [1.82, 2.24) is 0 Å². The van der Waals surface area contributed by atoms with Crippen LogP contribution in [-0.4, -0.2) is 17.8 Å². The summed E-state index contributed by atoms with van der Waals surface area (Å²) in [6.07, 6.45) is 3.23. The quantitative estimate of drug-likeness (QED) is 0.597. The summed E-state index contributed by atoms with van der Waals surface area (Å²) in [5, 5.41) is 0. The normalized spacial score (nSPS) is 11.3. The number of carbonyl (C=O) groups excluding carboxylic acids is 2. The third-order valence-corrected chi connectivity index (χ3v) is 4.10. The fraction of sp³-hybridized carbons (Fsp3) is 0.158. The van der Waals surface area contributed by atoms with Gasteiger partial charge in [0, 0.05) is 17.2 Å². The van der Waals surface area contributed by atoms with Crippen molar-refractivity contribution in [2.24, 2.45) is 0 Å². The Balaban J connectivity index is 2.26. The molecule has 0 aliphatic rings. The van der Waals surface area contributed by atoms with E-state index < -0.39 is 0 Å². The van der Waals surface area contributed by atoms with Gasteiger partial charge < -0.3 is 0 Å². The summed E-state index contributed by atoms with van der Waals surface area (Å²) in [5.41, 5.74) is 3.39. The maximum absolute atomic E-state index is 12.5. The largest absolute Gasteiger partial charge is 0.289 e. The van der Waals surface area contributed by atoms with Crippen LogP contribution in [0.2, 0.25) is 0 Å². The zero-order chi connectivity index (χ0) is 16.1. The highest BCUT2D eigenvalue weighted by atomic mass is 32.2. The minimum absolute atomic E-state index is 0.118. The number of Topliss-reactive ketones (excluding diaryl/α,β-unsaturated/α-hetero) is 1. The first-order valence-corrected chi connectivity index (χ1v) is 8.22. The standard InChI is InChI=1S/C19H18O2S/c1-13-4-8-15(9-5-13)17(20)12-18(22-3)19(21)16-10-6-14(2)7-11-16/h4-12H,1-3H3/b18-12+. The van der Waals surface area contributed by atoms with E-state index in [1.807, 2.05) is 38.1 Å². The molecule has 112 valence electrons. The fourth-order valence-corrected chi connectivity index (χ4v) is 2.51. The van der Waals surface area contributed by atoms with Crippen molar-refractivity contribution in [3.05, 3.63) is 81.8 Å². The topological polar surface area (TPSA) is 34.1 Å². The van der Waals surface area contributed by atoms with Crippen molar-refractivity contribution in [1.29, 1.82) is 0 Å². The van der Waals surface area contributed by atoms with Crippen LogP contribution in [0.1, 0.15) is 31.8 Å². The molecule has 0 bridgehead atoms. The lowest BCUT2D eigenvalue weighted by Gasteiger charge is -2.04. The van der Waals surface area contributed by atoms with Crippen molar-refractivity contribution in [2.45, 2.75) is 13.8 Å². The summed E-state index contributed by atoms with van der Waals surface area (Å²) in [7, 11) is 0. The van der Waals surface area contributed by atoms with E-state index in [4.69, 9.17) is 0 Å². The zero-order valence-electron chi connectivity index (χ0n) is 12.9. The molecule has 0 aromatic heterocycles. The van der Waals surface area contributed by atoms with Crippen LogP contribution in [0.4, 0.5) is 0 Å². The monoisotopic (exact) mass is 310 g/mol. The molecule has 0 spiro atoms. The number of rotatable bonds is 5. The second-order valence-corrected chi connectivity index (χ2v) is 5.99. The Morgan fingerprint density at radius 3 is 1.73 bits per heavy atom. The molecule has 0 atom stereocenters. The maximum atomic E-state index is 12.5. The van der Waals surface area contributed by atoms with E-state index in [0.717, 1.165) is 11.1 Å². The molecule has 3 heteroatoms. The molecule has 0 N–H and O–H groups in total. The maximum Gasteiger partial charge on any atom is 0.199 e. The van der Waals surface area contributed by atoms with Gasteiger partial charge >= 0.3 is 0 Å². The average Bonchev–Trinajstić information content (AvgIpc) is 2.53. The van der Waals surface area contributed by atoms with Gasteiger partial charge in [-0.15, -0.1) is 11.8 Å². The lowest BCUT2D eigenvalue weighted by atomic mass is 10.1. The van der Waals surface area contributed by atoms with E-state index in [2.05, 4.69) is 0 Å². The molecule has 0 unspecified atom stereocenters. The molecule has 2 aromatic rings. The molecule has 22 heavy (non-hydrogen) atoms. The van der Waals surface area contributed by atoms with Crippen LogP contribution in [0.25, 0.3) is 0 Å². The third kappa shape index (κ3) is 3.95. The Morgan fingerprint density at radius 1 is 0.818 bits per heavy atom. The average molecular weight is 310 g/mol. The Bertz CT molecular complexity index is 710. The minimum Gasteiger partial charge on any atom is -0.289 e. The van der Waals surface area contributed by atoms with E-state index in [1.54, 1.807) is 30.5 Å². The number of carbonyl (C=O) groups is 2. The van der Waals surface area contributed by atoms with Crippen molar-refractivity contribution in [3.63, 3.8) is 0 Å². The molecule has 0 aliphatic carbocycles. The molecular formula is C19H18O2S. The number of hydrogen-bond acceptors (Lipinski definition) is 3. The Morgan fingerprint density at radius 2 is 1.27 bits per heavy atom. The van der Waals surface area contributed by atoms with Gasteiger partial charge in [0.15, 0.2) is 11.6 Å². The number of benzene rings is 2. The first-order valence-electron chi connectivity index (χ1n) is 6.99. The molecule has 2 rings (SSSR count). The van der Waals surface area contributed by atoms with Gasteiger partial charge in [-0.1, -0.05) is 59.7 Å². The van der Waals surface area contributed by atoms with Crippen LogP contribution in [0.5, 0.6) is 0 Å². The summed E-state index contributed by atoms with van der Waals surface area (Å²) >= 11 is 1.29. The van der Waals surface area contributed by atoms with Crippen LogP contribution >= 0.6 is 11.8 Å². The number of allylic oxidation sites excluding steroid dienone is 2. The van der Waals surface area contributed by atoms with Gasteiger partial charge in [-0.3, -0.25) is 9.59 Å². The highest BCUT2D eigenvalue weighted by molar-refractivity contribution is 8.03. The highest BCUT2D eigenvalue weighted by Crippen LogP contribution is 2.20. The summed E-state index contributed by atoms with van der Waals surface area (Å²) in [6.45, 7) is 3.94. The van der Waals surface area contributed by atoms with E-state index in [-0.39, 0.29) is 11.6 Å². The summed E-state index contributed by atoms with van der Waals surface area (Å²) in [5.74, 6) is -0.266. The Labute approximate surface area is 135 Å².